The summed E-state index contributed by atoms with van der Waals surface area (Å²) < 4.78 is 0. The summed E-state index contributed by atoms with van der Waals surface area (Å²) in [4.78, 5) is 7.22. The molecule has 21 heavy (non-hydrogen) atoms. The van der Waals surface area contributed by atoms with Gasteiger partial charge in [0.15, 0.2) is 0 Å². The maximum atomic E-state index is 4.76. The fourth-order valence-corrected chi connectivity index (χ4v) is 3.12. The van der Waals surface area contributed by atoms with Crippen molar-refractivity contribution in [3.63, 3.8) is 0 Å². The Bertz CT molecular complexity index is 536. The summed E-state index contributed by atoms with van der Waals surface area (Å²) >= 11 is 1.74. The molecule has 0 bridgehead atoms. The zero-order valence-electron chi connectivity index (χ0n) is 12.0. The first-order valence-electron chi connectivity index (χ1n) is 6.76. The Morgan fingerprint density at radius 1 is 1.14 bits per heavy atom. The molecule has 6 heteroatoms. The van der Waals surface area contributed by atoms with Gasteiger partial charge in [0.05, 0.1) is 5.69 Å². The lowest BCUT2D eigenvalue weighted by Gasteiger charge is -2.26. The molecule has 1 aliphatic rings. The van der Waals surface area contributed by atoms with Crippen molar-refractivity contribution in [3.8, 4) is 10.6 Å². The minimum Gasteiger partial charge on any atom is -0.314 e. The number of nitrogens with one attached hydrogen (secondary N) is 1. The molecule has 1 aromatic heterocycles. The SMILES string of the molecule is Cc1ccc(-c2nc(CN3CCNCC3)cs2)cc1.Cl.Cl. The van der Waals surface area contributed by atoms with E-state index in [1.54, 1.807) is 11.3 Å². The minimum absolute atomic E-state index is 0. The molecule has 3 nitrogen and oxygen atoms in total. The Balaban J connectivity index is 0.00000110. The van der Waals surface area contributed by atoms with Crippen LogP contribution in [0.1, 0.15) is 11.3 Å². The van der Waals surface area contributed by atoms with E-state index in [1.165, 1.54) is 16.8 Å². The summed E-state index contributed by atoms with van der Waals surface area (Å²) in [5, 5.41) is 6.70. The van der Waals surface area contributed by atoms with E-state index < -0.39 is 0 Å². The quantitative estimate of drug-likeness (QED) is 0.924. The van der Waals surface area contributed by atoms with Crippen LogP contribution in [0.4, 0.5) is 0 Å². The average Bonchev–Trinajstić information content (AvgIpc) is 2.89. The molecular formula is C15H21Cl2N3S. The van der Waals surface area contributed by atoms with Gasteiger partial charge in [-0.3, -0.25) is 4.90 Å². The fourth-order valence-electron chi connectivity index (χ4n) is 2.31. The van der Waals surface area contributed by atoms with Crippen LogP contribution >= 0.6 is 36.2 Å². The molecule has 1 saturated heterocycles. The number of thiazole rings is 1. The van der Waals surface area contributed by atoms with Crippen LogP contribution in [0.5, 0.6) is 0 Å². The van der Waals surface area contributed by atoms with Gasteiger partial charge < -0.3 is 5.32 Å². The molecule has 2 heterocycles. The Morgan fingerprint density at radius 2 is 1.81 bits per heavy atom. The van der Waals surface area contributed by atoms with Gasteiger partial charge in [-0.25, -0.2) is 4.98 Å². The summed E-state index contributed by atoms with van der Waals surface area (Å²) in [6.07, 6.45) is 0. The number of halogens is 2. The van der Waals surface area contributed by atoms with Crippen LogP contribution in [0, 0.1) is 6.92 Å². The first kappa shape index (κ1) is 18.4. The molecule has 2 aromatic rings. The highest BCUT2D eigenvalue weighted by atomic mass is 35.5. The summed E-state index contributed by atoms with van der Waals surface area (Å²) in [5.74, 6) is 0. The Morgan fingerprint density at radius 3 is 2.48 bits per heavy atom. The molecule has 0 saturated carbocycles. The van der Waals surface area contributed by atoms with Crippen LogP contribution in [0.15, 0.2) is 29.6 Å². The molecular weight excluding hydrogens is 325 g/mol. The van der Waals surface area contributed by atoms with Crippen LogP contribution in [0.25, 0.3) is 10.6 Å². The molecule has 116 valence electrons. The molecule has 0 amide bonds. The lowest BCUT2D eigenvalue weighted by Crippen LogP contribution is -2.42. The zero-order valence-corrected chi connectivity index (χ0v) is 14.5. The predicted molar refractivity (Wildman–Crippen MR) is 94.9 cm³/mol. The number of hydrogen-bond donors (Lipinski definition) is 1. The van der Waals surface area contributed by atoms with E-state index in [0.717, 1.165) is 37.7 Å². The zero-order chi connectivity index (χ0) is 13.1. The molecule has 0 atom stereocenters. The second-order valence-corrected chi connectivity index (χ2v) is 5.89. The standard InChI is InChI=1S/C15H19N3S.2ClH/c1-12-2-4-13(5-3-12)15-17-14(11-19-15)10-18-8-6-16-7-9-18;;/h2-5,11,16H,6-10H2,1H3;2*1H. The van der Waals surface area contributed by atoms with Crippen molar-refractivity contribution >= 4 is 36.2 Å². The molecule has 1 aromatic carbocycles. The van der Waals surface area contributed by atoms with Gasteiger partial charge in [0.2, 0.25) is 0 Å². The van der Waals surface area contributed by atoms with Crippen LogP contribution < -0.4 is 5.32 Å². The van der Waals surface area contributed by atoms with E-state index >= 15 is 0 Å². The maximum absolute atomic E-state index is 4.76. The molecule has 3 rings (SSSR count). The smallest absolute Gasteiger partial charge is 0.123 e. The number of hydrogen-bond acceptors (Lipinski definition) is 4. The van der Waals surface area contributed by atoms with Crippen molar-refractivity contribution in [1.82, 2.24) is 15.2 Å². The highest BCUT2D eigenvalue weighted by molar-refractivity contribution is 7.13. The summed E-state index contributed by atoms with van der Waals surface area (Å²) in [6, 6.07) is 8.60. The fraction of sp³-hybridized carbons (Fsp3) is 0.400. The van der Waals surface area contributed by atoms with E-state index in [0.29, 0.717) is 0 Å². The summed E-state index contributed by atoms with van der Waals surface area (Å²) in [6.45, 7) is 7.52. The third-order valence-corrected chi connectivity index (χ3v) is 4.39. The van der Waals surface area contributed by atoms with Gasteiger partial charge in [0.25, 0.3) is 0 Å². The van der Waals surface area contributed by atoms with E-state index in [9.17, 15) is 0 Å². The van der Waals surface area contributed by atoms with Crippen LogP contribution in [0.2, 0.25) is 0 Å². The van der Waals surface area contributed by atoms with Gasteiger partial charge in [-0.1, -0.05) is 29.8 Å². The highest BCUT2D eigenvalue weighted by Crippen LogP contribution is 2.24. The third-order valence-electron chi connectivity index (χ3n) is 3.45. The van der Waals surface area contributed by atoms with Gasteiger partial charge in [-0.05, 0) is 6.92 Å². The van der Waals surface area contributed by atoms with Crippen molar-refractivity contribution < 1.29 is 0 Å². The van der Waals surface area contributed by atoms with Crippen LogP contribution in [-0.4, -0.2) is 36.1 Å². The van der Waals surface area contributed by atoms with E-state index in [2.05, 4.69) is 46.8 Å². The summed E-state index contributed by atoms with van der Waals surface area (Å²) in [7, 11) is 0. The van der Waals surface area contributed by atoms with Gasteiger partial charge in [0.1, 0.15) is 5.01 Å². The van der Waals surface area contributed by atoms with E-state index in [4.69, 9.17) is 4.98 Å². The Hall–Kier alpha value is -0.650. The lowest BCUT2D eigenvalue weighted by atomic mass is 10.2. The number of benzene rings is 1. The molecule has 0 aliphatic carbocycles. The molecule has 0 unspecified atom stereocenters. The third kappa shape index (κ3) is 4.94. The van der Waals surface area contributed by atoms with E-state index in [1.807, 2.05) is 0 Å². The predicted octanol–water partition coefficient (Wildman–Crippen LogP) is 3.37. The normalized spacial score (nSPS) is 15.1. The largest absolute Gasteiger partial charge is 0.314 e. The molecule has 0 radical (unpaired) electrons. The van der Waals surface area contributed by atoms with Gasteiger partial charge >= 0.3 is 0 Å². The summed E-state index contributed by atoms with van der Waals surface area (Å²) in [5.41, 5.74) is 3.71. The molecule has 1 fully saturated rings. The monoisotopic (exact) mass is 345 g/mol. The molecule has 1 aliphatic heterocycles. The van der Waals surface area contributed by atoms with E-state index in [-0.39, 0.29) is 24.8 Å². The van der Waals surface area contributed by atoms with Gasteiger partial charge in [-0.2, -0.15) is 0 Å². The number of piperazine rings is 1. The number of aromatic nitrogens is 1. The van der Waals surface area contributed by atoms with Crippen molar-refractivity contribution in [2.45, 2.75) is 13.5 Å². The van der Waals surface area contributed by atoms with Gasteiger partial charge in [-0.15, -0.1) is 36.2 Å². The Labute approximate surface area is 142 Å². The number of aryl methyl sites for hydroxylation is 1. The Kier molecular flexibility index (Phi) is 7.63. The van der Waals surface area contributed by atoms with Gasteiger partial charge in [0, 0.05) is 43.7 Å². The highest BCUT2D eigenvalue weighted by Gasteiger charge is 2.12. The minimum atomic E-state index is 0. The topological polar surface area (TPSA) is 28.2 Å². The van der Waals surface area contributed by atoms with Crippen LogP contribution in [0.3, 0.4) is 0 Å². The number of nitrogens with zero attached hydrogens (tertiary/aromatic N) is 2. The number of rotatable bonds is 3. The maximum Gasteiger partial charge on any atom is 0.123 e. The first-order valence-corrected chi connectivity index (χ1v) is 7.64. The first-order chi connectivity index (χ1) is 9.31. The second kappa shape index (κ2) is 8.71. The van der Waals surface area contributed by atoms with Crippen molar-refractivity contribution in [3.05, 3.63) is 40.9 Å². The lowest BCUT2D eigenvalue weighted by molar-refractivity contribution is 0.231. The van der Waals surface area contributed by atoms with Crippen molar-refractivity contribution in [2.24, 2.45) is 0 Å². The van der Waals surface area contributed by atoms with Crippen molar-refractivity contribution in [2.75, 3.05) is 26.2 Å². The molecule has 1 N–H and O–H groups in total. The second-order valence-electron chi connectivity index (χ2n) is 5.04. The average molecular weight is 346 g/mol. The van der Waals surface area contributed by atoms with Crippen molar-refractivity contribution in [1.29, 1.82) is 0 Å². The molecule has 0 spiro atoms. The van der Waals surface area contributed by atoms with Crippen LogP contribution in [-0.2, 0) is 6.54 Å².